The van der Waals surface area contributed by atoms with E-state index < -0.39 is 0 Å². The van der Waals surface area contributed by atoms with Gasteiger partial charge in [0.2, 0.25) is 11.8 Å². The van der Waals surface area contributed by atoms with Crippen molar-refractivity contribution in [2.75, 3.05) is 25.6 Å². The van der Waals surface area contributed by atoms with Crippen LogP contribution in [-0.4, -0.2) is 64.0 Å². The molecule has 2 amide bonds. The summed E-state index contributed by atoms with van der Waals surface area (Å²) >= 11 is 6.51. The molecule has 1 radical (unpaired) electrons. The molecular formula is C26H28ClN6O4. The molecule has 2 aliphatic rings. The van der Waals surface area contributed by atoms with Crippen LogP contribution in [0.5, 0.6) is 11.6 Å². The number of pyridine rings is 3. The average Bonchev–Trinajstić information content (AvgIpc) is 2.91. The van der Waals surface area contributed by atoms with Gasteiger partial charge in [0, 0.05) is 49.9 Å². The molecule has 0 aromatic carbocycles. The van der Waals surface area contributed by atoms with Gasteiger partial charge in [-0.05, 0) is 43.9 Å². The molecule has 37 heavy (non-hydrogen) atoms. The number of methoxy groups -OCH3 is 1. The zero-order valence-corrected chi connectivity index (χ0v) is 21.3. The van der Waals surface area contributed by atoms with Crippen LogP contribution in [0.1, 0.15) is 30.5 Å². The molecule has 2 N–H and O–H groups in total. The van der Waals surface area contributed by atoms with Crippen LogP contribution < -0.4 is 20.1 Å². The van der Waals surface area contributed by atoms with E-state index in [9.17, 15) is 9.59 Å². The number of halogens is 1. The highest BCUT2D eigenvalue weighted by atomic mass is 35.5. The lowest BCUT2D eigenvalue weighted by Gasteiger charge is -2.39. The van der Waals surface area contributed by atoms with E-state index in [0.717, 1.165) is 36.0 Å². The van der Waals surface area contributed by atoms with E-state index in [4.69, 9.17) is 21.1 Å². The number of anilines is 1. The number of amides is 2. The number of fused-ring (bicyclic) bond motifs is 2. The Bertz CT molecular complexity index is 1340. The van der Waals surface area contributed by atoms with Crippen molar-refractivity contribution in [3.05, 3.63) is 53.7 Å². The lowest BCUT2D eigenvalue weighted by molar-refractivity contribution is -0.130. The molecule has 1 saturated heterocycles. The molecule has 0 bridgehead atoms. The normalized spacial score (nSPS) is 19.2. The minimum atomic E-state index is -0.219. The summed E-state index contributed by atoms with van der Waals surface area (Å²) in [5.41, 5.74) is 3.15. The maximum absolute atomic E-state index is 12.5. The van der Waals surface area contributed by atoms with Crippen molar-refractivity contribution < 1.29 is 19.1 Å². The quantitative estimate of drug-likeness (QED) is 0.485. The Hall–Kier alpha value is -3.50. The first-order chi connectivity index (χ1) is 17.9. The fourth-order valence-corrected chi connectivity index (χ4v) is 5.12. The highest BCUT2D eigenvalue weighted by Crippen LogP contribution is 2.29. The molecule has 193 valence electrons. The van der Waals surface area contributed by atoms with Gasteiger partial charge in [-0.15, -0.1) is 0 Å². The standard InChI is InChI=1S/C26H28ClN6O4/c1-15(34)33-13-17(28-11-16-4-9-22-26(30-16)31-23(35)14-37-22)3-5-18(33)6-7-19-20(27)12-29-21-8-10-24(36-2)32-25(19)21/h4,8-10,12,17-18,28H,1,3,5-7,11,13-14H2,2H3,(H,30,31,35). The van der Waals surface area contributed by atoms with Gasteiger partial charge in [-0.2, -0.15) is 0 Å². The summed E-state index contributed by atoms with van der Waals surface area (Å²) in [4.78, 5) is 39.3. The first kappa shape index (κ1) is 25.2. The van der Waals surface area contributed by atoms with E-state index in [0.29, 0.717) is 47.5 Å². The Balaban J connectivity index is 1.22. The Morgan fingerprint density at radius 3 is 2.97 bits per heavy atom. The second-order valence-electron chi connectivity index (χ2n) is 9.19. The average molecular weight is 524 g/mol. The van der Waals surface area contributed by atoms with Crippen molar-refractivity contribution in [1.82, 2.24) is 25.2 Å². The SMILES string of the molecule is [CH2]C(=O)N1CC(NCc2ccc3c(n2)NC(=O)CO3)CCC1CCc1c(Cl)cnc2ccc(OC)nc12. The Morgan fingerprint density at radius 2 is 2.16 bits per heavy atom. The fraction of sp³-hybridized carbons (Fsp3) is 0.385. The first-order valence-corrected chi connectivity index (χ1v) is 12.6. The van der Waals surface area contributed by atoms with Crippen LogP contribution in [0.3, 0.4) is 0 Å². The summed E-state index contributed by atoms with van der Waals surface area (Å²) in [7, 11) is 1.57. The third-order valence-corrected chi connectivity index (χ3v) is 7.13. The van der Waals surface area contributed by atoms with E-state index >= 15 is 0 Å². The molecule has 0 saturated carbocycles. The number of rotatable bonds is 7. The predicted octanol–water partition coefficient (Wildman–Crippen LogP) is 2.93. The zero-order chi connectivity index (χ0) is 25.9. The topological polar surface area (TPSA) is 119 Å². The molecule has 5 heterocycles. The second kappa shape index (κ2) is 10.9. The second-order valence-corrected chi connectivity index (χ2v) is 9.59. The number of hydrogen-bond acceptors (Lipinski definition) is 8. The summed E-state index contributed by atoms with van der Waals surface area (Å²) in [6.07, 6.45) is 4.76. The highest BCUT2D eigenvalue weighted by Gasteiger charge is 2.30. The monoisotopic (exact) mass is 523 g/mol. The Labute approximate surface area is 219 Å². The zero-order valence-electron chi connectivity index (χ0n) is 20.5. The van der Waals surface area contributed by atoms with Crippen LogP contribution in [0.25, 0.3) is 11.0 Å². The van der Waals surface area contributed by atoms with Crippen LogP contribution in [0, 0.1) is 6.92 Å². The Morgan fingerprint density at radius 1 is 1.30 bits per heavy atom. The summed E-state index contributed by atoms with van der Waals surface area (Å²) in [5, 5.41) is 6.77. The fourth-order valence-electron chi connectivity index (χ4n) is 4.89. The molecule has 2 unspecified atom stereocenters. The van der Waals surface area contributed by atoms with Crippen LogP contribution in [-0.2, 0) is 22.6 Å². The number of ether oxygens (including phenoxy) is 2. The Kier molecular flexibility index (Phi) is 7.38. The molecular weight excluding hydrogens is 496 g/mol. The van der Waals surface area contributed by atoms with Crippen molar-refractivity contribution in [3.63, 3.8) is 0 Å². The number of hydrogen-bond donors (Lipinski definition) is 2. The van der Waals surface area contributed by atoms with Crippen LogP contribution >= 0.6 is 11.6 Å². The van der Waals surface area contributed by atoms with Gasteiger partial charge in [-0.3, -0.25) is 14.6 Å². The molecule has 0 spiro atoms. The van der Waals surface area contributed by atoms with Gasteiger partial charge in [-0.25, -0.2) is 9.97 Å². The first-order valence-electron chi connectivity index (χ1n) is 12.2. The lowest BCUT2D eigenvalue weighted by atomic mass is 9.93. The van der Waals surface area contributed by atoms with E-state index in [-0.39, 0.29) is 30.5 Å². The van der Waals surface area contributed by atoms with Crippen LogP contribution in [0.2, 0.25) is 5.02 Å². The van der Waals surface area contributed by atoms with Crippen molar-refractivity contribution in [1.29, 1.82) is 0 Å². The molecule has 3 aromatic heterocycles. The third kappa shape index (κ3) is 5.60. The molecule has 5 rings (SSSR count). The van der Waals surface area contributed by atoms with Gasteiger partial charge in [0.25, 0.3) is 5.91 Å². The number of likely N-dealkylation sites (tertiary alicyclic amines) is 1. The molecule has 2 atom stereocenters. The third-order valence-electron chi connectivity index (χ3n) is 6.81. The molecule has 10 nitrogen and oxygen atoms in total. The number of carbonyl (C=O) groups excluding carboxylic acids is 2. The number of piperidine rings is 1. The number of aryl methyl sites for hydroxylation is 1. The molecule has 3 aromatic rings. The number of aromatic nitrogens is 3. The summed E-state index contributed by atoms with van der Waals surface area (Å²) in [6, 6.07) is 7.45. The van der Waals surface area contributed by atoms with Crippen LogP contribution in [0.4, 0.5) is 5.82 Å². The van der Waals surface area contributed by atoms with Crippen molar-refractivity contribution in [3.8, 4) is 11.6 Å². The molecule has 11 heteroatoms. The lowest BCUT2D eigenvalue weighted by Crippen LogP contribution is -2.52. The number of nitrogens with zero attached hydrogens (tertiary/aromatic N) is 4. The highest BCUT2D eigenvalue weighted by molar-refractivity contribution is 6.32. The molecule has 2 aliphatic heterocycles. The smallest absolute Gasteiger partial charge is 0.263 e. The van der Waals surface area contributed by atoms with Gasteiger partial charge in [0.05, 0.1) is 28.9 Å². The van der Waals surface area contributed by atoms with Gasteiger partial charge < -0.3 is 25.0 Å². The number of nitrogens with one attached hydrogen (secondary N) is 2. The van der Waals surface area contributed by atoms with Gasteiger partial charge in [0.1, 0.15) is 0 Å². The van der Waals surface area contributed by atoms with Crippen molar-refractivity contribution >= 4 is 40.3 Å². The van der Waals surface area contributed by atoms with E-state index in [2.05, 4.69) is 32.5 Å². The number of carbonyl (C=O) groups is 2. The van der Waals surface area contributed by atoms with E-state index in [1.165, 1.54) is 0 Å². The van der Waals surface area contributed by atoms with Crippen LogP contribution in [0.15, 0.2) is 30.5 Å². The van der Waals surface area contributed by atoms with Crippen molar-refractivity contribution in [2.24, 2.45) is 0 Å². The summed E-state index contributed by atoms with van der Waals surface area (Å²) < 4.78 is 10.6. The molecule has 1 fully saturated rings. The van der Waals surface area contributed by atoms with Gasteiger partial charge in [-0.1, -0.05) is 11.6 Å². The largest absolute Gasteiger partial charge is 0.481 e. The predicted molar refractivity (Wildman–Crippen MR) is 139 cm³/mol. The van der Waals surface area contributed by atoms with E-state index in [1.807, 2.05) is 17.0 Å². The summed E-state index contributed by atoms with van der Waals surface area (Å²) in [5.74, 6) is 1.08. The minimum Gasteiger partial charge on any atom is -0.481 e. The maximum atomic E-state index is 12.5. The summed E-state index contributed by atoms with van der Waals surface area (Å²) in [6.45, 7) is 4.75. The van der Waals surface area contributed by atoms with E-state index in [1.54, 1.807) is 25.4 Å². The van der Waals surface area contributed by atoms with Gasteiger partial charge in [0.15, 0.2) is 18.2 Å². The van der Waals surface area contributed by atoms with Crippen molar-refractivity contribution in [2.45, 2.75) is 44.3 Å². The minimum absolute atomic E-state index is 0.00126. The molecule has 0 aliphatic carbocycles. The van der Waals surface area contributed by atoms with Gasteiger partial charge >= 0.3 is 0 Å². The maximum Gasteiger partial charge on any atom is 0.263 e.